The molecule has 2 heterocycles. The molecular weight excluding hydrogens is 374 g/mol. The second kappa shape index (κ2) is 7.69. The molecule has 0 unspecified atom stereocenters. The fourth-order valence-electron chi connectivity index (χ4n) is 2.69. The Bertz CT molecular complexity index is 1090. The standard InChI is InChI=1S/C20H17N5S2/c1-13-6-5-9-15(10-13)23-20(26)25-24-19-18-16(21-12-22-19)11-17(27-18)14-7-3-2-4-8-14/h2-12H,1H3,(H,21,22,24)(H2,23,25,26). The number of hydrazine groups is 1. The molecule has 0 saturated carbocycles. The number of benzene rings is 2. The fraction of sp³-hybridized carbons (Fsp3) is 0.0500. The lowest BCUT2D eigenvalue weighted by Gasteiger charge is -2.12. The molecule has 0 atom stereocenters. The third-order valence-electron chi connectivity index (χ3n) is 3.94. The second-order valence-electron chi connectivity index (χ2n) is 5.99. The number of nitrogens with one attached hydrogen (secondary N) is 3. The lowest BCUT2D eigenvalue weighted by atomic mass is 10.2. The number of anilines is 2. The van der Waals surface area contributed by atoms with E-state index in [0.717, 1.165) is 26.3 Å². The van der Waals surface area contributed by atoms with Crippen molar-refractivity contribution < 1.29 is 0 Å². The number of thiophene rings is 1. The average Bonchev–Trinajstić information content (AvgIpc) is 3.12. The van der Waals surface area contributed by atoms with Gasteiger partial charge in [0.15, 0.2) is 10.9 Å². The van der Waals surface area contributed by atoms with Crippen LogP contribution in [0, 0.1) is 6.92 Å². The molecule has 0 aliphatic carbocycles. The van der Waals surface area contributed by atoms with Gasteiger partial charge in [0.05, 0.1) is 10.2 Å². The van der Waals surface area contributed by atoms with Gasteiger partial charge < -0.3 is 5.32 Å². The van der Waals surface area contributed by atoms with Gasteiger partial charge in [-0.3, -0.25) is 10.9 Å². The molecule has 0 bridgehead atoms. The van der Waals surface area contributed by atoms with Crippen LogP contribution < -0.4 is 16.2 Å². The summed E-state index contributed by atoms with van der Waals surface area (Å²) in [6, 6.07) is 20.3. The zero-order valence-corrected chi connectivity index (χ0v) is 16.2. The minimum Gasteiger partial charge on any atom is -0.331 e. The number of rotatable bonds is 4. The van der Waals surface area contributed by atoms with Gasteiger partial charge in [-0.15, -0.1) is 11.3 Å². The monoisotopic (exact) mass is 391 g/mol. The maximum Gasteiger partial charge on any atom is 0.189 e. The lowest BCUT2D eigenvalue weighted by Crippen LogP contribution is -2.33. The second-order valence-corrected chi connectivity index (χ2v) is 7.45. The Morgan fingerprint density at radius 1 is 1.00 bits per heavy atom. The first-order valence-electron chi connectivity index (χ1n) is 8.39. The van der Waals surface area contributed by atoms with Gasteiger partial charge in [0, 0.05) is 10.6 Å². The number of hydrogen-bond acceptors (Lipinski definition) is 5. The quantitative estimate of drug-likeness (QED) is 0.337. The van der Waals surface area contributed by atoms with Gasteiger partial charge in [0.25, 0.3) is 0 Å². The highest BCUT2D eigenvalue weighted by Crippen LogP contribution is 2.35. The minimum absolute atomic E-state index is 0.465. The number of nitrogens with zero attached hydrogens (tertiary/aromatic N) is 2. The van der Waals surface area contributed by atoms with Crippen molar-refractivity contribution in [3.8, 4) is 10.4 Å². The summed E-state index contributed by atoms with van der Waals surface area (Å²) >= 11 is 7.00. The molecule has 0 spiro atoms. The highest BCUT2D eigenvalue weighted by Gasteiger charge is 2.10. The van der Waals surface area contributed by atoms with Gasteiger partial charge in [0.2, 0.25) is 0 Å². The summed E-state index contributed by atoms with van der Waals surface area (Å²) in [5.74, 6) is 0.695. The van der Waals surface area contributed by atoms with Crippen LogP contribution in [0.3, 0.4) is 0 Å². The SMILES string of the molecule is Cc1cccc(NC(=S)NNc2ncnc3cc(-c4ccccc4)sc23)c1. The molecule has 4 rings (SSSR count). The van der Waals surface area contributed by atoms with E-state index in [0.29, 0.717) is 10.9 Å². The zero-order valence-electron chi connectivity index (χ0n) is 14.6. The summed E-state index contributed by atoms with van der Waals surface area (Å²) in [7, 11) is 0. The topological polar surface area (TPSA) is 61.9 Å². The summed E-state index contributed by atoms with van der Waals surface area (Å²) in [4.78, 5) is 9.87. The Balaban J connectivity index is 1.50. The van der Waals surface area contributed by atoms with Crippen LogP contribution in [0.15, 0.2) is 67.0 Å². The van der Waals surface area contributed by atoms with Gasteiger partial charge in [0.1, 0.15) is 6.33 Å². The van der Waals surface area contributed by atoms with Crippen molar-refractivity contribution in [2.45, 2.75) is 6.92 Å². The molecular formula is C20H17N5S2. The van der Waals surface area contributed by atoms with Crippen molar-refractivity contribution in [2.24, 2.45) is 0 Å². The van der Waals surface area contributed by atoms with Gasteiger partial charge in [-0.1, -0.05) is 42.5 Å². The molecule has 3 N–H and O–H groups in total. The molecule has 0 radical (unpaired) electrons. The minimum atomic E-state index is 0.465. The normalized spacial score (nSPS) is 10.6. The molecule has 2 aromatic carbocycles. The van der Waals surface area contributed by atoms with Gasteiger partial charge >= 0.3 is 0 Å². The fourth-order valence-corrected chi connectivity index (χ4v) is 3.92. The van der Waals surface area contributed by atoms with Crippen molar-refractivity contribution in [3.05, 3.63) is 72.6 Å². The van der Waals surface area contributed by atoms with E-state index in [1.165, 1.54) is 5.56 Å². The molecule has 0 aliphatic heterocycles. The van der Waals surface area contributed by atoms with Gasteiger partial charge in [-0.2, -0.15) is 0 Å². The summed E-state index contributed by atoms with van der Waals surface area (Å²) in [6.45, 7) is 2.04. The number of fused-ring (bicyclic) bond motifs is 1. The van der Waals surface area contributed by atoms with Crippen molar-refractivity contribution >= 4 is 50.4 Å². The third kappa shape index (κ3) is 4.05. The van der Waals surface area contributed by atoms with Gasteiger partial charge in [-0.05, 0) is 48.5 Å². The zero-order chi connectivity index (χ0) is 18.6. The lowest BCUT2D eigenvalue weighted by molar-refractivity contribution is 1.09. The Labute approximate surface area is 166 Å². The molecule has 27 heavy (non-hydrogen) atoms. The summed E-state index contributed by atoms with van der Waals surface area (Å²) in [5, 5.41) is 3.61. The highest BCUT2D eigenvalue weighted by molar-refractivity contribution is 7.80. The molecule has 4 aromatic rings. The largest absolute Gasteiger partial charge is 0.331 e. The molecule has 0 saturated heterocycles. The molecule has 7 heteroatoms. The molecule has 5 nitrogen and oxygen atoms in total. The maximum atomic E-state index is 5.36. The van der Waals surface area contributed by atoms with E-state index in [2.05, 4.69) is 44.3 Å². The number of thiocarbonyl (C=S) groups is 1. The van der Waals surface area contributed by atoms with Crippen LogP contribution in [0.25, 0.3) is 20.7 Å². The first-order chi connectivity index (χ1) is 13.2. The third-order valence-corrected chi connectivity index (χ3v) is 5.32. The summed E-state index contributed by atoms with van der Waals surface area (Å²) in [5.41, 5.74) is 10.3. The van der Waals surface area contributed by atoms with Crippen LogP contribution in [0.1, 0.15) is 5.56 Å². The molecule has 0 aliphatic rings. The predicted octanol–water partition coefficient (Wildman–Crippen LogP) is 4.98. The Hall–Kier alpha value is -3.03. The van der Waals surface area contributed by atoms with Crippen LogP contribution in [0.4, 0.5) is 11.5 Å². The van der Waals surface area contributed by atoms with E-state index in [1.54, 1.807) is 17.7 Å². The first-order valence-corrected chi connectivity index (χ1v) is 9.61. The van der Waals surface area contributed by atoms with Crippen LogP contribution in [0.5, 0.6) is 0 Å². The van der Waals surface area contributed by atoms with Crippen LogP contribution in [-0.2, 0) is 0 Å². The van der Waals surface area contributed by atoms with E-state index in [-0.39, 0.29) is 0 Å². The van der Waals surface area contributed by atoms with Gasteiger partial charge in [-0.25, -0.2) is 9.97 Å². The summed E-state index contributed by atoms with van der Waals surface area (Å²) in [6.07, 6.45) is 1.55. The molecule has 134 valence electrons. The highest BCUT2D eigenvalue weighted by atomic mass is 32.1. The van der Waals surface area contributed by atoms with Crippen molar-refractivity contribution in [2.75, 3.05) is 10.7 Å². The Morgan fingerprint density at radius 3 is 2.67 bits per heavy atom. The van der Waals surface area contributed by atoms with Crippen molar-refractivity contribution in [1.82, 2.24) is 15.4 Å². The Kier molecular flexibility index (Phi) is 4.95. The summed E-state index contributed by atoms with van der Waals surface area (Å²) < 4.78 is 0.974. The molecule has 2 aromatic heterocycles. The smallest absolute Gasteiger partial charge is 0.189 e. The van der Waals surface area contributed by atoms with E-state index in [9.17, 15) is 0 Å². The maximum absolute atomic E-state index is 5.36. The first kappa shape index (κ1) is 17.4. The Morgan fingerprint density at radius 2 is 1.85 bits per heavy atom. The molecule has 0 fully saturated rings. The van der Waals surface area contributed by atoms with Crippen molar-refractivity contribution in [1.29, 1.82) is 0 Å². The van der Waals surface area contributed by atoms with E-state index < -0.39 is 0 Å². The number of hydrogen-bond donors (Lipinski definition) is 3. The van der Waals surface area contributed by atoms with E-state index >= 15 is 0 Å². The van der Waals surface area contributed by atoms with Crippen LogP contribution in [-0.4, -0.2) is 15.1 Å². The average molecular weight is 392 g/mol. The number of aryl methyl sites for hydroxylation is 1. The molecule has 0 amide bonds. The van der Waals surface area contributed by atoms with Crippen molar-refractivity contribution in [3.63, 3.8) is 0 Å². The predicted molar refractivity (Wildman–Crippen MR) is 117 cm³/mol. The van der Waals surface area contributed by atoms with E-state index in [1.807, 2.05) is 49.4 Å². The number of aromatic nitrogens is 2. The van der Waals surface area contributed by atoms with Crippen LogP contribution in [0.2, 0.25) is 0 Å². The van der Waals surface area contributed by atoms with E-state index in [4.69, 9.17) is 12.2 Å². The van der Waals surface area contributed by atoms with Crippen LogP contribution >= 0.6 is 23.6 Å².